The third kappa shape index (κ3) is 3.41. The van der Waals surface area contributed by atoms with Crippen LogP contribution in [0.1, 0.15) is 41.4 Å². The highest BCUT2D eigenvalue weighted by Gasteiger charge is 2.32. The molecule has 2 aromatic rings. The number of rotatable bonds is 0. The summed E-state index contributed by atoms with van der Waals surface area (Å²) < 4.78 is 26.6. The molecule has 0 heterocycles. The molecule has 2 aliphatic rings. The Kier molecular flexibility index (Phi) is 5.82. The number of Topliss-reactive ketones (excluding diaryl/α,β-unsaturated/α-hetero) is 4. The summed E-state index contributed by atoms with van der Waals surface area (Å²) in [5.74, 6) is -3.70. The van der Waals surface area contributed by atoms with Gasteiger partial charge in [0.05, 0.1) is 31.5 Å². The molecule has 0 aliphatic heterocycles. The number of carbonyl (C=O) groups is 4. The molecule has 0 spiro atoms. The van der Waals surface area contributed by atoms with Gasteiger partial charge >= 0.3 is 0 Å². The lowest BCUT2D eigenvalue weighted by Crippen LogP contribution is -2.25. The molecule has 0 saturated carbocycles. The van der Waals surface area contributed by atoms with Crippen molar-refractivity contribution in [2.45, 2.75) is 0 Å². The molecule has 0 fully saturated rings. The molecule has 4 N–H and O–H groups in total. The SMILES string of the molecule is NC1=C(Br)C(=O)c2c(F)cccc2C1=O.NC1=C(Br)C(=O)c2cccc(F)c2C1=O. The lowest BCUT2D eigenvalue weighted by Gasteiger charge is -2.15. The van der Waals surface area contributed by atoms with Gasteiger partial charge in [-0.1, -0.05) is 24.3 Å². The fourth-order valence-corrected chi connectivity index (χ4v) is 3.61. The summed E-state index contributed by atoms with van der Waals surface area (Å²) in [7, 11) is 0. The van der Waals surface area contributed by atoms with E-state index in [0.717, 1.165) is 12.1 Å². The van der Waals surface area contributed by atoms with Crippen molar-refractivity contribution < 1.29 is 28.0 Å². The molecule has 2 aliphatic carbocycles. The van der Waals surface area contributed by atoms with Crippen molar-refractivity contribution in [1.82, 2.24) is 0 Å². The van der Waals surface area contributed by atoms with E-state index in [1.807, 2.05) is 0 Å². The highest BCUT2D eigenvalue weighted by molar-refractivity contribution is 9.12. The number of hydrogen-bond donors (Lipinski definition) is 2. The molecule has 0 unspecified atom stereocenters. The molecule has 4 rings (SSSR count). The molecule has 0 saturated heterocycles. The van der Waals surface area contributed by atoms with Crippen molar-refractivity contribution in [2.24, 2.45) is 11.5 Å². The van der Waals surface area contributed by atoms with Crippen molar-refractivity contribution in [3.8, 4) is 0 Å². The number of nitrogens with two attached hydrogens (primary N) is 2. The third-order valence-corrected chi connectivity index (χ3v) is 5.91. The molecule has 30 heavy (non-hydrogen) atoms. The molecule has 0 radical (unpaired) electrons. The number of carbonyl (C=O) groups excluding carboxylic acids is 4. The zero-order valence-corrected chi connectivity index (χ0v) is 17.9. The van der Waals surface area contributed by atoms with E-state index in [9.17, 15) is 28.0 Å². The minimum absolute atomic E-state index is 0.00870. The molecule has 6 nitrogen and oxygen atoms in total. The zero-order chi connectivity index (χ0) is 22.3. The second kappa shape index (κ2) is 8.04. The normalized spacial score (nSPS) is 15.6. The van der Waals surface area contributed by atoms with Crippen molar-refractivity contribution in [2.75, 3.05) is 0 Å². The first-order valence-electron chi connectivity index (χ1n) is 8.14. The summed E-state index contributed by atoms with van der Waals surface area (Å²) in [6.07, 6.45) is 0. The Morgan fingerprint density at radius 2 is 1.00 bits per heavy atom. The molecular weight excluding hydrogens is 530 g/mol. The van der Waals surface area contributed by atoms with Gasteiger partial charge in [-0.3, -0.25) is 19.2 Å². The van der Waals surface area contributed by atoms with E-state index in [-0.39, 0.29) is 42.6 Å². The average molecular weight is 540 g/mol. The van der Waals surface area contributed by atoms with Crippen LogP contribution in [0.3, 0.4) is 0 Å². The smallest absolute Gasteiger partial charge is 0.213 e. The number of halogens is 4. The molecule has 152 valence electrons. The van der Waals surface area contributed by atoms with Crippen molar-refractivity contribution in [1.29, 1.82) is 0 Å². The molecule has 0 bridgehead atoms. The monoisotopic (exact) mass is 538 g/mol. The van der Waals surface area contributed by atoms with Crippen LogP contribution in [-0.4, -0.2) is 23.1 Å². The van der Waals surface area contributed by atoms with Gasteiger partial charge in [-0.15, -0.1) is 0 Å². The molecule has 0 aromatic heterocycles. The van der Waals surface area contributed by atoms with Gasteiger partial charge in [0.15, 0.2) is 0 Å². The van der Waals surface area contributed by atoms with Gasteiger partial charge in [0.1, 0.15) is 11.6 Å². The van der Waals surface area contributed by atoms with Crippen LogP contribution >= 0.6 is 31.9 Å². The van der Waals surface area contributed by atoms with Crippen LogP contribution in [0.4, 0.5) is 8.78 Å². The molecule has 2 aromatic carbocycles. The fraction of sp³-hybridized carbons (Fsp3) is 0. The summed E-state index contributed by atoms with van der Waals surface area (Å²) in [5.41, 5.74) is 9.97. The van der Waals surface area contributed by atoms with Crippen LogP contribution in [0, 0.1) is 11.6 Å². The first-order chi connectivity index (χ1) is 14.1. The van der Waals surface area contributed by atoms with Gasteiger partial charge in [-0.05, 0) is 44.0 Å². The van der Waals surface area contributed by atoms with Crippen LogP contribution in [0.2, 0.25) is 0 Å². The number of fused-ring (bicyclic) bond motifs is 2. The first-order valence-corrected chi connectivity index (χ1v) is 9.72. The van der Waals surface area contributed by atoms with Gasteiger partial charge in [0, 0.05) is 11.1 Å². The van der Waals surface area contributed by atoms with E-state index in [2.05, 4.69) is 31.9 Å². The predicted octanol–water partition coefficient (Wildman–Crippen LogP) is 3.54. The maximum atomic E-state index is 13.3. The lowest BCUT2D eigenvalue weighted by atomic mass is 9.92. The standard InChI is InChI=1S/2C10H5BrFNO2/c11-7-8(13)9(14)4-2-1-3-5(12)6(4)10(7)15;11-7-8(13)10(15)6-4(9(7)14)2-1-3-5(6)12/h2*1-3H,13H2. The van der Waals surface area contributed by atoms with Crippen molar-refractivity contribution in [3.05, 3.63) is 90.6 Å². The maximum Gasteiger partial charge on any atom is 0.213 e. The minimum Gasteiger partial charge on any atom is -0.395 e. The lowest BCUT2D eigenvalue weighted by molar-refractivity contribution is 0.0977. The van der Waals surface area contributed by atoms with Crippen LogP contribution in [0.5, 0.6) is 0 Å². The Morgan fingerprint density at radius 3 is 1.53 bits per heavy atom. The van der Waals surface area contributed by atoms with E-state index in [0.29, 0.717) is 0 Å². The van der Waals surface area contributed by atoms with Crippen LogP contribution in [0.15, 0.2) is 56.8 Å². The topological polar surface area (TPSA) is 120 Å². The Balaban J connectivity index is 0.000000171. The Morgan fingerprint density at radius 1 is 0.600 bits per heavy atom. The van der Waals surface area contributed by atoms with Gasteiger partial charge in [0.2, 0.25) is 23.1 Å². The van der Waals surface area contributed by atoms with E-state index in [4.69, 9.17) is 11.5 Å². The van der Waals surface area contributed by atoms with Crippen molar-refractivity contribution >= 4 is 55.0 Å². The number of hydrogen-bond acceptors (Lipinski definition) is 6. The summed E-state index contributed by atoms with van der Waals surface area (Å²) >= 11 is 5.80. The first kappa shape index (κ1) is 21.7. The van der Waals surface area contributed by atoms with Crippen LogP contribution < -0.4 is 11.5 Å². The quantitative estimate of drug-likeness (QED) is 0.528. The van der Waals surface area contributed by atoms with Crippen LogP contribution in [0.25, 0.3) is 0 Å². The maximum absolute atomic E-state index is 13.3. The van der Waals surface area contributed by atoms with Gasteiger partial charge in [0.25, 0.3) is 0 Å². The predicted molar refractivity (Wildman–Crippen MR) is 110 cm³/mol. The summed E-state index contributed by atoms with van der Waals surface area (Å²) in [6.45, 7) is 0. The molecule has 10 heteroatoms. The second-order valence-corrected chi connectivity index (χ2v) is 7.68. The van der Waals surface area contributed by atoms with E-state index >= 15 is 0 Å². The fourth-order valence-electron chi connectivity index (χ4n) is 2.84. The highest BCUT2D eigenvalue weighted by Crippen LogP contribution is 2.29. The summed E-state index contributed by atoms with van der Waals surface area (Å²) in [4.78, 5) is 46.4. The summed E-state index contributed by atoms with van der Waals surface area (Å²) in [5, 5.41) is 0. The largest absolute Gasteiger partial charge is 0.395 e. The number of benzene rings is 2. The van der Waals surface area contributed by atoms with E-state index in [1.165, 1.54) is 24.3 Å². The Labute approximate surface area is 184 Å². The molecule has 0 amide bonds. The number of ketones is 4. The Hall–Kier alpha value is -2.98. The second-order valence-electron chi connectivity index (χ2n) is 6.10. The zero-order valence-electron chi connectivity index (χ0n) is 14.8. The molecule has 0 atom stereocenters. The van der Waals surface area contributed by atoms with Gasteiger partial charge in [-0.25, -0.2) is 8.78 Å². The highest BCUT2D eigenvalue weighted by atomic mass is 79.9. The summed E-state index contributed by atoms with van der Waals surface area (Å²) in [6, 6.07) is 7.77. The van der Waals surface area contributed by atoms with Crippen molar-refractivity contribution in [3.63, 3.8) is 0 Å². The third-order valence-electron chi connectivity index (χ3n) is 4.33. The molecular formula is C20H10Br2F2N2O4. The van der Waals surface area contributed by atoms with E-state index in [1.54, 1.807) is 0 Å². The average Bonchev–Trinajstić information content (AvgIpc) is 2.73. The van der Waals surface area contributed by atoms with E-state index < -0.39 is 34.8 Å². The number of allylic oxidation sites excluding steroid dienone is 4. The van der Waals surface area contributed by atoms with Gasteiger partial charge in [-0.2, -0.15) is 0 Å². The van der Waals surface area contributed by atoms with Gasteiger partial charge < -0.3 is 11.5 Å². The van der Waals surface area contributed by atoms with Crippen LogP contribution in [-0.2, 0) is 0 Å². The minimum atomic E-state index is -0.728. The Bertz CT molecular complexity index is 1140.